The predicted octanol–water partition coefficient (Wildman–Crippen LogP) is 4.43. The summed E-state index contributed by atoms with van der Waals surface area (Å²) >= 11 is 0.967. The monoisotopic (exact) mass is 533 g/mol. The van der Waals surface area contributed by atoms with E-state index < -0.39 is 11.7 Å². The number of ether oxygens (including phenoxy) is 1. The van der Waals surface area contributed by atoms with Gasteiger partial charge in [0.1, 0.15) is 12.2 Å². The van der Waals surface area contributed by atoms with Crippen LogP contribution in [0.25, 0.3) is 10.6 Å². The molecule has 1 amide bonds. The number of rotatable bonds is 5. The maximum atomic E-state index is 13.9. The largest absolute Gasteiger partial charge is 0.481 e. The Balaban J connectivity index is 1.35. The van der Waals surface area contributed by atoms with Crippen molar-refractivity contribution in [3.63, 3.8) is 0 Å². The van der Waals surface area contributed by atoms with E-state index in [1.165, 1.54) is 6.07 Å². The Morgan fingerprint density at radius 3 is 2.73 bits per heavy atom. The van der Waals surface area contributed by atoms with Gasteiger partial charge in [0.2, 0.25) is 5.95 Å². The van der Waals surface area contributed by atoms with Crippen molar-refractivity contribution in [1.29, 1.82) is 0 Å². The molecule has 3 aliphatic rings. The Bertz CT molecular complexity index is 1330. The van der Waals surface area contributed by atoms with Crippen LogP contribution in [0.2, 0.25) is 0 Å². The van der Waals surface area contributed by atoms with Crippen LogP contribution >= 0.6 is 11.3 Å². The third-order valence-electron chi connectivity index (χ3n) is 6.96. The van der Waals surface area contributed by atoms with Crippen LogP contribution in [0, 0.1) is 0 Å². The fourth-order valence-corrected chi connectivity index (χ4v) is 5.78. The van der Waals surface area contributed by atoms with Gasteiger partial charge in [-0.2, -0.15) is 18.3 Å². The van der Waals surface area contributed by atoms with Crippen LogP contribution in [0.1, 0.15) is 59.1 Å². The molecule has 3 aromatic heterocycles. The minimum atomic E-state index is -4.67. The van der Waals surface area contributed by atoms with E-state index >= 15 is 0 Å². The predicted molar refractivity (Wildman–Crippen MR) is 131 cm³/mol. The highest BCUT2D eigenvalue weighted by atomic mass is 32.1. The van der Waals surface area contributed by atoms with Gasteiger partial charge in [-0.15, -0.1) is 0 Å². The Kier molecular flexibility index (Phi) is 6.06. The third kappa shape index (κ3) is 4.89. The van der Waals surface area contributed by atoms with Crippen LogP contribution in [-0.2, 0) is 6.18 Å². The number of likely N-dealkylation sites (tertiary alicyclic amines) is 1. The molecule has 37 heavy (non-hydrogen) atoms. The Hall–Kier alpha value is -3.19. The lowest BCUT2D eigenvalue weighted by atomic mass is 10.1. The molecule has 9 nitrogen and oxygen atoms in total. The lowest BCUT2D eigenvalue weighted by Gasteiger charge is -2.28. The van der Waals surface area contributed by atoms with Gasteiger partial charge < -0.3 is 20.3 Å². The highest BCUT2D eigenvalue weighted by Gasteiger charge is 2.37. The van der Waals surface area contributed by atoms with E-state index in [1.807, 2.05) is 4.68 Å². The van der Waals surface area contributed by atoms with Crippen LogP contribution < -0.4 is 15.4 Å². The van der Waals surface area contributed by atoms with E-state index in [-0.39, 0.29) is 45.7 Å². The highest BCUT2D eigenvalue weighted by Crippen LogP contribution is 2.45. The van der Waals surface area contributed by atoms with Gasteiger partial charge in [0.25, 0.3) is 5.91 Å². The number of carbonyl (C=O) groups is 1. The summed E-state index contributed by atoms with van der Waals surface area (Å²) < 4.78 is 49.3. The molecule has 196 valence electrons. The first-order valence-corrected chi connectivity index (χ1v) is 13.1. The van der Waals surface area contributed by atoms with Gasteiger partial charge in [-0.3, -0.25) is 9.48 Å². The second-order valence-corrected chi connectivity index (χ2v) is 10.7. The zero-order valence-corrected chi connectivity index (χ0v) is 21.0. The van der Waals surface area contributed by atoms with Crippen molar-refractivity contribution < 1.29 is 22.7 Å². The van der Waals surface area contributed by atoms with Gasteiger partial charge in [-0.05, 0) is 57.8 Å². The second kappa shape index (κ2) is 9.28. The summed E-state index contributed by atoms with van der Waals surface area (Å²) in [5.74, 6) is 0.592. The Morgan fingerprint density at radius 1 is 1.22 bits per heavy atom. The quantitative estimate of drug-likeness (QED) is 0.501. The van der Waals surface area contributed by atoms with Crippen molar-refractivity contribution in [3.05, 3.63) is 35.2 Å². The van der Waals surface area contributed by atoms with Crippen molar-refractivity contribution >= 4 is 29.0 Å². The molecule has 1 aliphatic carbocycles. The number of carbonyl (C=O) groups excluding carboxylic acids is 1. The average Bonchev–Trinajstić information content (AvgIpc) is 3.53. The number of hydrogen-bond acceptors (Lipinski definition) is 8. The van der Waals surface area contributed by atoms with Crippen molar-refractivity contribution in [2.24, 2.45) is 0 Å². The van der Waals surface area contributed by atoms with Crippen LogP contribution in [0.5, 0.6) is 5.06 Å². The van der Waals surface area contributed by atoms with E-state index in [9.17, 15) is 18.0 Å². The topological polar surface area (TPSA) is 97.2 Å². The molecule has 0 bridgehead atoms. The number of fused-ring (bicyclic) bond motifs is 1. The molecule has 3 aromatic rings. The van der Waals surface area contributed by atoms with Crippen molar-refractivity contribution in [2.75, 3.05) is 38.6 Å². The van der Waals surface area contributed by atoms with Crippen molar-refractivity contribution in [2.45, 2.75) is 43.8 Å². The van der Waals surface area contributed by atoms with Crippen molar-refractivity contribution in [3.8, 4) is 15.6 Å². The third-order valence-corrected chi connectivity index (χ3v) is 8.02. The van der Waals surface area contributed by atoms with Gasteiger partial charge in [-0.1, -0.05) is 11.3 Å². The van der Waals surface area contributed by atoms with Gasteiger partial charge in [0.05, 0.1) is 28.7 Å². The number of anilines is 2. The van der Waals surface area contributed by atoms with Crippen LogP contribution in [0.15, 0.2) is 18.5 Å². The zero-order chi connectivity index (χ0) is 25.7. The van der Waals surface area contributed by atoms with Gasteiger partial charge in [0, 0.05) is 18.0 Å². The molecule has 2 aliphatic heterocycles. The Morgan fingerprint density at radius 2 is 2.00 bits per heavy atom. The molecule has 0 aromatic carbocycles. The summed E-state index contributed by atoms with van der Waals surface area (Å²) in [6.07, 6.45) is 2.25. The summed E-state index contributed by atoms with van der Waals surface area (Å²) in [7, 11) is 2.10. The van der Waals surface area contributed by atoms with E-state index in [0.717, 1.165) is 61.9 Å². The normalized spacial score (nSPS) is 19.2. The fourth-order valence-electron chi connectivity index (χ4n) is 4.75. The standard InChI is InChI=1S/C24H26F3N7O2S/c1-33-7-4-14(5-8-33)34-12-16(13-2-3-13)20(32-34)31-23-29-11-17(24(25,26)27)19(30-23)18-10-15-21(35)28-6-9-36-22(15)37-18/h10-14H,2-9H2,1H3,(H,28,35)(H,29,30,31,32). The maximum Gasteiger partial charge on any atom is 0.420 e. The van der Waals surface area contributed by atoms with E-state index in [1.54, 1.807) is 0 Å². The molecule has 5 heterocycles. The van der Waals surface area contributed by atoms with E-state index in [4.69, 9.17) is 9.84 Å². The van der Waals surface area contributed by atoms with Crippen LogP contribution in [0.3, 0.4) is 0 Å². The number of nitrogens with one attached hydrogen (secondary N) is 2. The second-order valence-electron chi connectivity index (χ2n) is 9.72. The number of alkyl halides is 3. The maximum absolute atomic E-state index is 13.9. The average molecular weight is 534 g/mol. The van der Waals surface area contributed by atoms with Gasteiger partial charge in [-0.25, -0.2) is 9.97 Å². The molecular weight excluding hydrogens is 507 g/mol. The number of thiophene rings is 1. The Labute approximate surface area is 215 Å². The molecular formula is C24H26F3N7O2S. The number of amides is 1. The van der Waals surface area contributed by atoms with E-state index in [2.05, 4.69) is 38.7 Å². The molecule has 6 rings (SSSR count). The van der Waals surface area contributed by atoms with Gasteiger partial charge >= 0.3 is 6.18 Å². The molecule has 2 N–H and O–H groups in total. The highest BCUT2D eigenvalue weighted by molar-refractivity contribution is 7.17. The molecule has 1 saturated carbocycles. The SMILES string of the molecule is CN1CCC(n2cc(C3CC3)c(Nc3ncc(C(F)(F)F)c(-c4cc5c(s4)OCCNC5=O)n3)n2)CC1. The van der Waals surface area contributed by atoms with Gasteiger partial charge in [0.15, 0.2) is 10.9 Å². The number of nitrogens with zero attached hydrogens (tertiary/aromatic N) is 5. The number of aromatic nitrogens is 4. The first kappa shape index (κ1) is 24.2. The number of halogens is 3. The first-order chi connectivity index (χ1) is 17.8. The smallest absolute Gasteiger partial charge is 0.420 e. The first-order valence-electron chi connectivity index (χ1n) is 12.3. The summed E-state index contributed by atoms with van der Waals surface area (Å²) in [6, 6.07) is 1.67. The molecule has 0 radical (unpaired) electrons. The number of piperidine rings is 1. The summed E-state index contributed by atoms with van der Waals surface area (Å²) in [6.45, 7) is 2.55. The molecule has 0 spiro atoms. The molecule has 0 atom stereocenters. The molecule has 13 heteroatoms. The van der Waals surface area contributed by atoms with E-state index in [0.29, 0.717) is 18.3 Å². The summed E-state index contributed by atoms with van der Waals surface area (Å²) in [5, 5.41) is 10.8. The summed E-state index contributed by atoms with van der Waals surface area (Å²) in [4.78, 5) is 23.1. The minimum Gasteiger partial charge on any atom is -0.481 e. The molecule has 1 saturated heterocycles. The fraction of sp³-hybridized carbons (Fsp3) is 0.500. The summed E-state index contributed by atoms with van der Waals surface area (Å²) in [5.41, 5.74) is -0.0418. The molecule has 2 fully saturated rings. The lowest BCUT2D eigenvalue weighted by Crippen LogP contribution is -2.31. The zero-order valence-electron chi connectivity index (χ0n) is 20.1. The van der Waals surface area contributed by atoms with Crippen LogP contribution in [0.4, 0.5) is 24.9 Å². The van der Waals surface area contributed by atoms with Crippen LogP contribution in [-0.4, -0.2) is 63.8 Å². The molecule has 0 unspecified atom stereocenters. The lowest BCUT2D eigenvalue weighted by molar-refractivity contribution is -0.137. The van der Waals surface area contributed by atoms with Crippen molar-refractivity contribution in [1.82, 2.24) is 30.0 Å². The number of hydrogen-bond donors (Lipinski definition) is 2. The minimum absolute atomic E-state index is 0.0208.